The lowest BCUT2D eigenvalue weighted by Gasteiger charge is -2.42. The number of amides is 1. The molecular weight excluding hydrogens is 478 g/mol. The zero-order valence-corrected chi connectivity index (χ0v) is 19.6. The molecule has 0 saturated heterocycles. The molecule has 1 aromatic heterocycles. The molecule has 0 radical (unpaired) electrons. The summed E-state index contributed by atoms with van der Waals surface area (Å²) in [6.45, 7) is 0. The minimum atomic E-state index is -3.71. The molecule has 0 saturated carbocycles. The number of fused-ring (bicyclic) bond motifs is 1. The highest BCUT2D eigenvalue weighted by molar-refractivity contribution is 7.90. The van der Waals surface area contributed by atoms with Crippen LogP contribution < -0.4 is 10.3 Å². The van der Waals surface area contributed by atoms with Crippen molar-refractivity contribution in [2.75, 3.05) is 18.2 Å². The summed E-state index contributed by atoms with van der Waals surface area (Å²) in [7, 11) is -2.01. The molecule has 34 heavy (non-hydrogen) atoms. The summed E-state index contributed by atoms with van der Waals surface area (Å²) in [6, 6.07) is 12.7. The van der Waals surface area contributed by atoms with Crippen molar-refractivity contribution in [3.63, 3.8) is 0 Å². The fraction of sp³-hybridized carbons (Fsp3) is 0.136. The Bertz CT molecular complexity index is 1450. The molecule has 3 aromatic rings. The van der Waals surface area contributed by atoms with E-state index < -0.39 is 15.9 Å². The second-order valence-electron chi connectivity index (χ2n) is 7.43. The van der Waals surface area contributed by atoms with Gasteiger partial charge in [0.15, 0.2) is 9.84 Å². The van der Waals surface area contributed by atoms with Gasteiger partial charge in [0.1, 0.15) is 12.1 Å². The number of aromatic nitrogens is 2. The Morgan fingerprint density at radius 3 is 2.71 bits per heavy atom. The zero-order valence-electron chi connectivity index (χ0n) is 18.0. The number of hydrogen-bond acceptors (Lipinski definition) is 7. The van der Waals surface area contributed by atoms with Crippen molar-refractivity contribution < 1.29 is 13.2 Å². The Hall–Kier alpha value is -4.01. The molecule has 0 fully saturated rings. The van der Waals surface area contributed by atoms with Crippen LogP contribution in [0.4, 0.5) is 11.5 Å². The van der Waals surface area contributed by atoms with E-state index >= 15 is 0 Å². The molecular formula is C22H18ClN7O3S. The third-order valence-electron chi connectivity index (χ3n) is 5.25. The number of guanidine groups is 1. The molecule has 1 aliphatic heterocycles. The van der Waals surface area contributed by atoms with Crippen LogP contribution in [0.1, 0.15) is 22.7 Å². The molecule has 12 heteroatoms. The van der Waals surface area contributed by atoms with Crippen LogP contribution in [0, 0.1) is 11.3 Å². The number of halogens is 1. The monoisotopic (exact) mass is 495 g/mol. The van der Waals surface area contributed by atoms with Crippen LogP contribution >= 0.6 is 11.6 Å². The predicted molar refractivity (Wildman–Crippen MR) is 126 cm³/mol. The van der Waals surface area contributed by atoms with Gasteiger partial charge >= 0.3 is 0 Å². The Morgan fingerprint density at radius 2 is 2.03 bits per heavy atom. The number of nitrogens with zero attached hydrogens (tertiary/aromatic N) is 6. The Morgan fingerprint density at radius 1 is 1.24 bits per heavy atom. The molecule has 1 amide bonds. The molecule has 1 aliphatic rings. The van der Waals surface area contributed by atoms with Crippen molar-refractivity contribution in [1.29, 1.82) is 5.26 Å². The number of carbonyl (C=O) groups excluding carboxylic acids is 1. The quantitative estimate of drug-likeness (QED) is 0.422. The number of hydrogen-bond donors (Lipinski definition) is 1. The van der Waals surface area contributed by atoms with Crippen LogP contribution in [0.3, 0.4) is 0 Å². The molecule has 1 atom stereocenters. The minimum Gasteiger partial charge on any atom is -0.332 e. The number of sulfone groups is 1. The first kappa shape index (κ1) is 23.2. The van der Waals surface area contributed by atoms with Crippen LogP contribution in [-0.4, -0.2) is 49.0 Å². The van der Waals surface area contributed by atoms with E-state index in [4.69, 9.17) is 11.6 Å². The molecule has 1 N–H and O–H groups in total. The summed E-state index contributed by atoms with van der Waals surface area (Å²) in [6.07, 6.45) is 4.46. The number of benzene rings is 2. The Kier molecular flexibility index (Phi) is 6.19. The number of nitriles is 1. The maximum atomic E-state index is 12.7. The van der Waals surface area contributed by atoms with Crippen LogP contribution in [0.5, 0.6) is 0 Å². The molecule has 0 bridgehead atoms. The third-order valence-corrected chi connectivity index (χ3v) is 6.64. The van der Waals surface area contributed by atoms with E-state index in [1.165, 1.54) is 12.4 Å². The molecule has 172 valence electrons. The van der Waals surface area contributed by atoms with Crippen molar-refractivity contribution in [2.24, 2.45) is 5.10 Å². The third kappa shape index (κ3) is 4.16. The highest BCUT2D eigenvalue weighted by Gasteiger charge is 2.39. The SMILES string of the molecule is CN1/C(=N\NC=O)N(c2cccc(Cl)c2)c2ncncc2C1c1ccc(C#N)cc1S(C)(=O)=O. The number of anilines is 2. The van der Waals surface area contributed by atoms with Crippen molar-refractivity contribution in [3.05, 3.63) is 76.7 Å². The fourth-order valence-electron chi connectivity index (χ4n) is 3.88. The van der Waals surface area contributed by atoms with Crippen LogP contribution in [0.15, 0.2) is 65.0 Å². The van der Waals surface area contributed by atoms with Gasteiger partial charge in [-0.3, -0.25) is 9.69 Å². The van der Waals surface area contributed by atoms with Crippen molar-refractivity contribution in [2.45, 2.75) is 10.9 Å². The van der Waals surface area contributed by atoms with Crippen LogP contribution in [0.2, 0.25) is 5.02 Å². The van der Waals surface area contributed by atoms with Crippen molar-refractivity contribution >= 4 is 45.3 Å². The Balaban J connectivity index is 2.02. The van der Waals surface area contributed by atoms with Gasteiger partial charge in [0.25, 0.3) is 0 Å². The minimum absolute atomic E-state index is 0.00268. The highest BCUT2D eigenvalue weighted by Crippen LogP contribution is 2.43. The normalized spacial score (nSPS) is 16.6. The van der Waals surface area contributed by atoms with E-state index in [-0.39, 0.29) is 16.4 Å². The van der Waals surface area contributed by atoms with Gasteiger partial charge in [-0.15, -0.1) is 5.10 Å². The Labute approximate surface area is 201 Å². The number of carbonyl (C=O) groups is 1. The number of nitrogens with one attached hydrogen (secondary N) is 1. The average Bonchev–Trinajstić information content (AvgIpc) is 2.81. The second kappa shape index (κ2) is 9.09. The van der Waals surface area contributed by atoms with Crippen molar-refractivity contribution in [3.8, 4) is 6.07 Å². The molecule has 4 rings (SSSR count). The lowest BCUT2D eigenvalue weighted by molar-refractivity contribution is -0.109. The average molecular weight is 496 g/mol. The molecule has 2 aromatic carbocycles. The first-order valence-corrected chi connectivity index (χ1v) is 12.1. The van der Waals surface area contributed by atoms with E-state index in [1.807, 2.05) is 6.07 Å². The lowest BCUT2D eigenvalue weighted by atomic mass is 9.95. The maximum Gasteiger partial charge on any atom is 0.230 e. The summed E-state index contributed by atoms with van der Waals surface area (Å²) in [4.78, 5) is 23.1. The summed E-state index contributed by atoms with van der Waals surface area (Å²) in [5.74, 6) is 0.685. The van der Waals surface area contributed by atoms with Gasteiger partial charge in [-0.2, -0.15) is 5.26 Å². The molecule has 2 heterocycles. The molecule has 0 aliphatic carbocycles. The van der Waals surface area contributed by atoms with E-state index in [2.05, 4.69) is 20.5 Å². The van der Waals surface area contributed by atoms with Gasteiger partial charge in [0.2, 0.25) is 12.4 Å². The van der Waals surface area contributed by atoms with Crippen LogP contribution in [0.25, 0.3) is 0 Å². The molecule has 10 nitrogen and oxygen atoms in total. The summed E-state index contributed by atoms with van der Waals surface area (Å²) in [5.41, 5.74) is 4.14. The second-order valence-corrected chi connectivity index (χ2v) is 9.85. The number of hydrazone groups is 1. The van der Waals surface area contributed by atoms with E-state index in [1.54, 1.807) is 59.4 Å². The molecule has 0 spiro atoms. The summed E-state index contributed by atoms with van der Waals surface area (Å²) >= 11 is 6.23. The first-order valence-electron chi connectivity index (χ1n) is 9.85. The highest BCUT2D eigenvalue weighted by atomic mass is 35.5. The van der Waals surface area contributed by atoms with E-state index in [9.17, 15) is 18.5 Å². The fourth-order valence-corrected chi connectivity index (χ4v) is 5.02. The summed E-state index contributed by atoms with van der Waals surface area (Å²) in [5, 5.41) is 14.0. The smallest absolute Gasteiger partial charge is 0.230 e. The largest absolute Gasteiger partial charge is 0.332 e. The van der Waals surface area contributed by atoms with Gasteiger partial charge in [-0.25, -0.2) is 23.8 Å². The van der Waals surface area contributed by atoms with Crippen LogP contribution in [-0.2, 0) is 14.6 Å². The van der Waals surface area contributed by atoms with Gasteiger partial charge in [0, 0.05) is 30.1 Å². The van der Waals surface area contributed by atoms with Gasteiger partial charge in [-0.05, 0) is 35.9 Å². The number of rotatable bonds is 5. The zero-order chi connectivity index (χ0) is 24.5. The molecule has 1 unspecified atom stereocenters. The van der Waals surface area contributed by atoms with E-state index in [0.717, 1.165) is 6.26 Å². The first-order chi connectivity index (χ1) is 16.3. The standard InChI is InChI=1S/C22H18ClN7O3S/c1-29-20(17-7-6-14(10-24)8-19(17)34(2,32)33)18-11-25-12-26-21(18)30(22(29)28-27-13-31)16-5-3-4-15(23)9-16/h3-9,11-13,20H,1-2H3,(H,27,31)/b28-22+. The maximum absolute atomic E-state index is 12.7. The predicted octanol–water partition coefficient (Wildman–Crippen LogP) is 2.60. The van der Waals surface area contributed by atoms with E-state index in [0.29, 0.717) is 34.1 Å². The topological polar surface area (TPSA) is 132 Å². The lowest BCUT2D eigenvalue weighted by Crippen LogP contribution is -2.48. The van der Waals surface area contributed by atoms with Crippen molar-refractivity contribution in [1.82, 2.24) is 20.3 Å². The van der Waals surface area contributed by atoms with Gasteiger partial charge in [-0.1, -0.05) is 23.7 Å². The summed E-state index contributed by atoms with van der Waals surface area (Å²) < 4.78 is 25.4. The van der Waals surface area contributed by atoms with Gasteiger partial charge in [0.05, 0.1) is 28.3 Å². The van der Waals surface area contributed by atoms with Gasteiger partial charge < -0.3 is 4.90 Å².